The predicted molar refractivity (Wildman–Crippen MR) is 106 cm³/mol. The molecular weight excluding hydrogens is 356 g/mol. The van der Waals surface area contributed by atoms with E-state index in [0.717, 1.165) is 11.1 Å². The highest BCUT2D eigenvalue weighted by molar-refractivity contribution is 6.07. The maximum absolute atomic E-state index is 13.4. The van der Waals surface area contributed by atoms with E-state index in [1.807, 2.05) is 32.9 Å². The van der Waals surface area contributed by atoms with Crippen molar-refractivity contribution in [1.82, 2.24) is 19.5 Å². The average Bonchev–Trinajstić information content (AvgIpc) is 2.62. The van der Waals surface area contributed by atoms with Gasteiger partial charge in [-0.05, 0) is 49.1 Å². The first-order valence-corrected chi connectivity index (χ1v) is 9.04. The average molecular weight is 378 g/mol. The summed E-state index contributed by atoms with van der Waals surface area (Å²) < 4.78 is 1.30. The van der Waals surface area contributed by atoms with Gasteiger partial charge < -0.3 is 0 Å². The number of carbonyl (C=O) groups excluding carboxylic acids is 1. The number of ketones is 1. The van der Waals surface area contributed by atoms with E-state index < -0.39 is 17.0 Å². The molecule has 0 amide bonds. The first-order valence-electron chi connectivity index (χ1n) is 9.04. The van der Waals surface area contributed by atoms with Gasteiger partial charge in [0.15, 0.2) is 0 Å². The lowest BCUT2D eigenvalue weighted by atomic mass is 9.98. The van der Waals surface area contributed by atoms with Crippen molar-refractivity contribution in [2.24, 2.45) is 0 Å². The Kier molecular flexibility index (Phi) is 5.35. The van der Waals surface area contributed by atoms with Gasteiger partial charge in [0.25, 0.3) is 5.56 Å². The molecule has 0 radical (unpaired) electrons. The molecule has 144 valence electrons. The minimum Gasteiger partial charge on any atom is -0.285 e. The Balaban J connectivity index is 2.28. The van der Waals surface area contributed by atoms with E-state index in [2.05, 4.69) is 15.0 Å². The van der Waals surface area contributed by atoms with Crippen LogP contribution in [0.5, 0.6) is 0 Å². The molecule has 3 rings (SSSR count). The van der Waals surface area contributed by atoms with E-state index in [0.29, 0.717) is 5.69 Å². The smallest absolute Gasteiger partial charge is 0.285 e. The van der Waals surface area contributed by atoms with Gasteiger partial charge in [0.1, 0.15) is 11.4 Å². The third-order valence-electron chi connectivity index (χ3n) is 4.42. The summed E-state index contributed by atoms with van der Waals surface area (Å²) >= 11 is 0. The topological polar surface area (TPSA) is 97.7 Å². The number of nitrogens with one attached hydrogen (secondary N) is 1. The van der Waals surface area contributed by atoms with Crippen LogP contribution < -0.4 is 11.2 Å². The Hall–Kier alpha value is -3.35. The van der Waals surface area contributed by atoms with Gasteiger partial charge in [0, 0.05) is 23.7 Å². The number of aromatic amines is 1. The molecule has 0 aliphatic heterocycles. The van der Waals surface area contributed by atoms with Crippen LogP contribution in [-0.4, -0.2) is 25.3 Å². The zero-order valence-electron chi connectivity index (χ0n) is 16.3. The van der Waals surface area contributed by atoms with Crippen molar-refractivity contribution in [1.29, 1.82) is 0 Å². The number of pyridine rings is 2. The lowest BCUT2D eigenvalue weighted by molar-refractivity contribution is 0.102. The van der Waals surface area contributed by atoms with Crippen LogP contribution in [0.15, 0.2) is 46.2 Å². The first kappa shape index (κ1) is 19.4. The fourth-order valence-electron chi connectivity index (χ4n) is 3.27. The molecule has 0 spiro atoms. The van der Waals surface area contributed by atoms with Gasteiger partial charge in [-0.3, -0.25) is 24.1 Å². The summed E-state index contributed by atoms with van der Waals surface area (Å²) in [6.07, 6.45) is 3.25. The molecule has 7 heteroatoms. The molecule has 3 heterocycles. The number of hydrogen-bond acceptors (Lipinski definition) is 5. The van der Waals surface area contributed by atoms with Crippen molar-refractivity contribution in [3.05, 3.63) is 91.3 Å². The van der Waals surface area contributed by atoms with Gasteiger partial charge in [-0.15, -0.1) is 0 Å². The van der Waals surface area contributed by atoms with Crippen LogP contribution in [0.2, 0.25) is 0 Å². The van der Waals surface area contributed by atoms with Crippen LogP contribution in [0, 0.1) is 13.8 Å². The molecule has 0 saturated carbocycles. The Morgan fingerprint density at radius 3 is 2.57 bits per heavy atom. The van der Waals surface area contributed by atoms with Crippen LogP contribution in [-0.2, 0) is 6.54 Å². The van der Waals surface area contributed by atoms with E-state index in [1.54, 1.807) is 31.5 Å². The van der Waals surface area contributed by atoms with E-state index in [4.69, 9.17) is 0 Å². The molecule has 0 unspecified atom stereocenters. The largest absolute Gasteiger partial charge is 0.329 e. The normalized spacial score (nSPS) is 11.0. The molecule has 7 nitrogen and oxygen atoms in total. The van der Waals surface area contributed by atoms with Gasteiger partial charge in [-0.1, -0.05) is 19.9 Å². The van der Waals surface area contributed by atoms with E-state index in [9.17, 15) is 14.4 Å². The molecular formula is C21H22N4O3. The quantitative estimate of drug-likeness (QED) is 0.687. The Morgan fingerprint density at radius 1 is 1.21 bits per heavy atom. The Labute approximate surface area is 162 Å². The molecule has 0 fully saturated rings. The van der Waals surface area contributed by atoms with Crippen molar-refractivity contribution in [3.8, 4) is 0 Å². The van der Waals surface area contributed by atoms with Crippen molar-refractivity contribution in [3.63, 3.8) is 0 Å². The highest BCUT2D eigenvalue weighted by atomic mass is 16.2. The molecule has 0 atom stereocenters. The fraction of sp³-hybridized carbons (Fsp3) is 0.286. The molecule has 0 saturated heterocycles. The monoisotopic (exact) mass is 378 g/mol. The maximum atomic E-state index is 13.4. The van der Waals surface area contributed by atoms with Crippen molar-refractivity contribution in [2.75, 3.05) is 0 Å². The third kappa shape index (κ3) is 3.83. The second-order valence-electron chi connectivity index (χ2n) is 7.12. The van der Waals surface area contributed by atoms with E-state index in [-0.39, 0.29) is 29.4 Å². The predicted octanol–water partition coefficient (Wildman–Crippen LogP) is 2.35. The summed E-state index contributed by atoms with van der Waals surface area (Å²) in [5, 5.41) is 0. The maximum Gasteiger partial charge on any atom is 0.329 e. The number of nitrogens with zero attached hydrogens (tertiary/aromatic N) is 3. The number of H-pyrrole nitrogens is 1. The van der Waals surface area contributed by atoms with Gasteiger partial charge in [-0.25, -0.2) is 9.78 Å². The van der Waals surface area contributed by atoms with Gasteiger partial charge >= 0.3 is 5.69 Å². The van der Waals surface area contributed by atoms with E-state index >= 15 is 0 Å². The van der Waals surface area contributed by atoms with Crippen LogP contribution in [0.4, 0.5) is 0 Å². The molecule has 3 aromatic rings. The van der Waals surface area contributed by atoms with Crippen molar-refractivity contribution >= 4 is 5.78 Å². The lowest BCUT2D eigenvalue weighted by Gasteiger charge is -2.17. The van der Waals surface area contributed by atoms with Gasteiger partial charge in [0.05, 0.1) is 6.54 Å². The van der Waals surface area contributed by atoms with Crippen LogP contribution in [0.3, 0.4) is 0 Å². The zero-order chi connectivity index (χ0) is 20.4. The number of hydrogen-bond donors (Lipinski definition) is 1. The summed E-state index contributed by atoms with van der Waals surface area (Å²) in [4.78, 5) is 49.3. The SMILES string of the molecule is Cc1cc(C)nc(C(=O)c2c(C(C)C)c(=O)[nH]c(=O)n2Cc2cccnc2)c1. The fourth-order valence-corrected chi connectivity index (χ4v) is 3.27. The number of rotatable bonds is 5. The molecule has 0 bridgehead atoms. The molecule has 0 aliphatic rings. The number of aromatic nitrogens is 4. The Morgan fingerprint density at radius 2 is 1.96 bits per heavy atom. The molecule has 28 heavy (non-hydrogen) atoms. The van der Waals surface area contributed by atoms with Crippen LogP contribution in [0.1, 0.15) is 58.3 Å². The van der Waals surface area contributed by atoms with Gasteiger partial charge in [-0.2, -0.15) is 0 Å². The molecule has 1 N–H and O–H groups in total. The standard InChI is InChI=1S/C21H22N4O3/c1-12(2)17-18(19(26)16-9-13(3)8-14(4)23-16)25(21(28)24-20(17)27)11-15-6-5-7-22-10-15/h5-10,12H,11H2,1-4H3,(H,24,27,28). The number of carbonyl (C=O) groups is 1. The summed E-state index contributed by atoms with van der Waals surface area (Å²) in [7, 11) is 0. The van der Waals surface area contributed by atoms with Gasteiger partial charge in [0.2, 0.25) is 5.78 Å². The second-order valence-corrected chi connectivity index (χ2v) is 7.12. The molecule has 0 aromatic carbocycles. The van der Waals surface area contributed by atoms with Crippen LogP contribution in [0.25, 0.3) is 0 Å². The summed E-state index contributed by atoms with van der Waals surface area (Å²) in [6.45, 7) is 7.42. The van der Waals surface area contributed by atoms with E-state index in [1.165, 1.54) is 4.57 Å². The first-order chi connectivity index (χ1) is 13.3. The highest BCUT2D eigenvalue weighted by Gasteiger charge is 2.25. The Bertz CT molecular complexity index is 1120. The summed E-state index contributed by atoms with van der Waals surface area (Å²) in [6, 6.07) is 7.09. The minimum atomic E-state index is -0.633. The lowest BCUT2D eigenvalue weighted by Crippen LogP contribution is -2.38. The summed E-state index contributed by atoms with van der Waals surface area (Å²) in [5.41, 5.74) is 1.70. The van der Waals surface area contributed by atoms with Crippen molar-refractivity contribution in [2.45, 2.75) is 40.2 Å². The molecule has 3 aromatic heterocycles. The third-order valence-corrected chi connectivity index (χ3v) is 4.42. The summed E-state index contributed by atoms with van der Waals surface area (Å²) in [5.74, 6) is -0.697. The number of aryl methyl sites for hydroxylation is 2. The molecule has 0 aliphatic carbocycles. The second kappa shape index (κ2) is 7.72. The van der Waals surface area contributed by atoms with Crippen LogP contribution >= 0.6 is 0 Å². The minimum absolute atomic E-state index is 0.0742. The zero-order valence-corrected chi connectivity index (χ0v) is 16.3. The highest BCUT2D eigenvalue weighted by Crippen LogP contribution is 2.19. The van der Waals surface area contributed by atoms with Crippen molar-refractivity contribution < 1.29 is 4.79 Å².